The minimum absolute atomic E-state index is 0.00460. The molecule has 1 aromatic carbocycles. The molecule has 0 amide bonds. The lowest BCUT2D eigenvalue weighted by molar-refractivity contribution is -0.385. The molecule has 2 aromatic rings. The van der Waals surface area contributed by atoms with Crippen molar-refractivity contribution in [2.24, 2.45) is 0 Å². The molecule has 7 nitrogen and oxygen atoms in total. The highest BCUT2D eigenvalue weighted by molar-refractivity contribution is 5.48. The number of hydrogen-bond donors (Lipinski definition) is 1. The van der Waals surface area contributed by atoms with Gasteiger partial charge in [0.15, 0.2) is 0 Å². The molecule has 0 atom stereocenters. The van der Waals surface area contributed by atoms with Gasteiger partial charge in [-0.15, -0.1) is 0 Å². The zero-order valence-corrected chi connectivity index (χ0v) is 14.7. The van der Waals surface area contributed by atoms with Crippen LogP contribution in [-0.4, -0.2) is 54.1 Å². The van der Waals surface area contributed by atoms with Crippen molar-refractivity contribution in [1.82, 2.24) is 9.88 Å². The lowest BCUT2D eigenvalue weighted by atomic mass is 10.2. The second kappa shape index (κ2) is 8.09. The topological polar surface area (TPSA) is 74.5 Å². The summed E-state index contributed by atoms with van der Waals surface area (Å²) < 4.78 is 13.0. The number of nitro groups is 1. The Morgan fingerprint density at radius 1 is 1.23 bits per heavy atom. The van der Waals surface area contributed by atoms with Crippen LogP contribution in [0.4, 0.5) is 21.6 Å². The number of piperazine rings is 1. The summed E-state index contributed by atoms with van der Waals surface area (Å²) in [6.07, 6.45) is 1.27. The average Bonchev–Trinajstić information content (AvgIpc) is 2.64. The van der Waals surface area contributed by atoms with Crippen LogP contribution in [0.1, 0.15) is 5.56 Å². The number of anilines is 2. The lowest BCUT2D eigenvalue weighted by Gasteiger charge is -2.36. The quantitative estimate of drug-likeness (QED) is 0.631. The summed E-state index contributed by atoms with van der Waals surface area (Å²) in [5, 5.41) is 14.0. The number of benzene rings is 1. The Labute approximate surface area is 151 Å². The van der Waals surface area contributed by atoms with E-state index in [-0.39, 0.29) is 11.5 Å². The Morgan fingerprint density at radius 2 is 1.92 bits per heavy atom. The summed E-state index contributed by atoms with van der Waals surface area (Å²) in [6.45, 7) is 7.08. The largest absolute Gasteiger partial charge is 0.369 e. The first-order chi connectivity index (χ1) is 12.5. The van der Waals surface area contributed by atoms with Gasteiger partial charge < -0.3 is 10.2 Å². The summed E-state index contributed by atoms with van der Waals surface area (Å²) >= 11 is 0. The zero-order valence-electron chi connectivity index (χ0n) is 14.7. The third-order valence-electron chi connectivity index (χ3n) is 4.56. The van der Waals surface area contributed by atoms with E-state index < -0.39 is 4.92 Å². The van der Waals surface area contributed by atoms with Gasteiger partial charge in [-0.3, -0.25) is 15.0 Å². The van der Waals surface area contributed by atoms with Gasteiger partial charge in [0.2, 0.25) is 0 Å². The standard InChI is InChI=1S/C18H22FN5O2/c1-14-12-17(24(25)26)13-21-18(14)20-6-7-22-8-10-23(11-9-22)16-4-2-15(19)3-5-16/h2-5,12-13H,6-11H2,1H3,(H,20,21). The van der Waals surface area contributed by atoms with Crippen molar-refractivity contribution in [3.63, 3.8) is 0 Å². The number of aromatic nitrogens is 1. The van der Waals surface area contributed by atoms with Crippen LogP contribution in [0.2, 0.25) is 0 Å². The van der Waals surface area contributed by atoms with Gasteiger partial charge in [-0.1, -0.05) is 0 Å². The van der Waals surface area contributed by atoms with Crippen LogP contribution >= 0.6 is 0 Å². The molecule has 0 unspecified atom stereocenters. The molecule has 0 bridgehead atoms. The molecule has 2 heterocycles. The molecule has 8 heteroatoms. The van der Waals surface area contributed by atoms with E-state index in [1.54, 1.807) is 0 Å². The lowest BCUT2D eigenvalue weighted by Crippen LogP contribution is -2.47. The van der Waals surface area contributed by atoms with E-state index >= 15 is 0 Å². The first-order valence-electron chi connectivity index (χ1n) is 8.61. The molecule has 1 aromatic heterocycles. The highest BCUT2D eigenvalue weighted by Gasteiger charge is 2.17. The smallest absolute Gasteiger partial charge is 0.287 e. The van der Waals surface area contributed by atoms with Crippen molar-refractivity contribution in [2.75, 3.05) is 49.5 Å². The molecule has 1 fully saturated rings. The zero-order chi connectivity index (χ0) is 18.5. The molecule has 138 valence electrons. The van der Waals surface area contributed by atoms with Crippen LogP contribution in [-0.2, 0) is 0 Å². The normalized spacial score (nSPS) is 15.1. The highest BCUT2D eigenvalue weighted by atomic mass is 19.1. The summed E-state index contributed by atoms with van der Waals surface area (Å²) in [4.78, 5) is 19.0. The van der Waals surface area contributed by atoms with Gasteiger partial charge in [-0.2, -0.15) is 0 Å². The van der Waals surface area contributed by atoms with Crippen molar-refractivity contribution >= 4 is 17.2 Å². The third kappa shape index (κ3) is 4.45. The Kier molecular flexibility index (Phi) is 5.62. The Hall–Kier alpha value is -2.74. The Bertz CT molecular complexity index is 761. The number of nitrogens with one attached hydrogen (secondary N) is 1. The number of rotatable bonds is 6. The predicted octanol–water partition coefficient (Wildman–Crippen LogP) is 2.67. The molecule has 0 radical (unpaired) electrons. The van der Waals surface area contributed by atoms with Gasteiger partial charge in [-0.25, -0.2) is 9.37 Å². The van der Waals surface area contributed by atoms with Crippen molar-refractivity contribution in [3.8, 4) is 0 Å². The monoisotopic (exact) mass is 359 g/mol. The molecule has 0 spiro atoms. The molecule has 1 N–H and O–H groups in total. The maximum Gasteiger partial charge on any atom is 0.287 e. The van der Waals surface area contributed by atoms with Crippen LogP contribution in [0.3, 0.4) is 0 Å². The molecular weight excluding hydrogens is 337 g/mol. The molecule has 3 rings (SSSR count). The van der Waals surface area contributed by atoms with Gasteiger partial charge >= 0.3 is 0 Å². The van der Waals surface area contributed by atoms with E-state index in [0.29, 0.717) is 5.82 Å². The molecular formula is C18H22FN5O2. The SMILES string of the molecule is Cc1cc([N+](=O)[O-])cnc1NCCN1CCN(c2ccc(F)cc2)CC1. The van der Waals surface area contributed by atoms with Crippen LogP contribution in [0.15, 0.2) is 36.5 Å². The van der Waals surface area contributed by atoms with Crippen molar-refractivity contribution < 1.29 is 9.31 Å². The predicted molar refractivity (Wildman–Crippen MR) is 99.2 cm³/mol. The molecule has 1 saturated heterocycles. The fourth-order valence-corrected chi connectivity index (χ4v) is 3.06. The maximum atomic E-state index is 13.0. The minimum Gasteiger partial charge on any atom is -0.369 e. The summed E-state index contributed by atoms with van der Waals surface area (Å²) in [5.41, 5.74) is 1.82. The Balaban J connectivity index is 1.44. The van der Waals surface area contributed by atoms with Crippen LogP contribution in [0.25, 0.3) is 0 Å². The van der Waals surface area contributed by atoms with Gasteiger partial charge in [0.05, 0.1) is 4.92 Å². The number of nitrogens with zero attached hydrogens (tertiary/aromatic N) is 4. The van der Waals surface area contributed by atoms with Gasteiger partial charge in [0.25, 0.3) is 5.69 Å². The number of halogens is 1. The van der Waals surface area contributed by atoms with E-state index in [9.17, 15) is 14.5 Å². The van der Waals surface area contributed by atoms with E-state index in [0.717, 1.165) is 50.5 Å². The molecule has 0 aliphatic carbocycles. The maximum absolute atomic E-state index is 13.0. The molecule has 0 saturated carbocycles. The third-order valence-corrected chi connectivity index (χ3v) is 4.56. The average molecular weight is 359 g/mol. The number of pyridine rings is 1. The van der Waals surface area contributed by atoms with Crippen molar-refractivity contribution in [2.45, 2.75) is 6.92 Å². The van der Waals surface area contributed by atoms with E-state index in [4.69, 9.17) is 0 Å². The first-order valence-corrected chi connectivity index (χ1v) is 8.61. The van der Waals surface area contributed by atoms with Crippen molar-refractivity contribution in [1.29, 1.82) is 0 Å². The molecule has 1 aliphatic rings. The summed E-state index contributed by atoms with van der Waals surface area (Å²) in [5.74, 6) is 0.467. The van der Waals surface area contributed by atoms with Gasteiger partial charge in [-0.05, 0) is 36.8 Å². The summed E-state index contributed by atoms with van der Waals surface area (Å²) in [6, 6.07) is 8.14. The number of hydrogen-bond acceptors (Lipinski definition) is 6. The summed E-state index contributed by atoms with van der Waals surface area (Å²) in [7, 11) is 0. The number of aryl methyl sites for hydroxylation is 1. The second-order valence-corrected chi connectivity index (χ2v) is 6.35. The Morgan fingerprint density at radius 3 is 2.54 bits per heavy atom. The van der Waals surface area contributed by atoms with Crippen molar-refractivity contribution in [3.05, 3.63) is 58.0 Å². The van der Waals surface area contributed by atoms with Gasteiger partial charge in [0, 0.05) is 51.0 Å². The molecule has 1 aliphatic heterocycles. The van der Waals surface area contributed by atoms with Gasteiger partial charge in [0.1, 0.15) is 17.8 Å². The van der Waals surface area contributed by atoms with Crippen LogP contribution in [0.5, 0.6) is 0 Å². The fraction of sp³-hybridized carbons (Fsp3) is 0.389. The second-order valence-electron chi connectivity index (χ2n) is 6.35. The van der Waals surface area contributed by atoms with Crippen LogP contribution < -0.4 is 10.2 Å². The minimum atomic E-state index is -0.440. The molecule has 26 heavy (non-hydrogen) atoms. The van der Waals surface area contributed by atoms with E-state index in [2.05, 4.69) is 20.1 Å². The highest BCUT2D eigenvalue weighted by Crippen LogP contribution is 2.18. The van der Waals surface area contributed by atoms with Crippen LogP contribution in [0, 0.1) is 22.9 Å². The fourth-order valence-electron chi connectivity index (χ4n) is 3.06. The van der Waals surface area contributed by atoms with E-state index in [1.807, 2.05) is 19.1 Å². The van der Waals surface area contributed by atoms with E-state index in [1.165, 1.54) is 24.4 Å². The first kappa shape index (κ1) is 18.1.